The lowest BCUT2D eigenvalue weighted by molar-refractivity contribution is 0.0759. The first-order valence-electron chi connectivity index (χ1n) is 5.24. The maximum Gasteiger partial charge on any atom is 0.0701 e. The molecule has 0 fully saturated rings. The summed E-state index contributed by atoms with van der Waals surface area (Å²) in [7, 11) is 1.66. The molecule has 3 heteroatoms. The van der Waals surface area contributed by atoms with Crippen molar-refractivity contribution in [3.8, 4) is 12.3 Å². The van der Waals surface area contributed by atoms with Crippen LogP contribution in [0, 0.1) is 12.3 Å². The van der Waals surface area contributed by atoms with E-state index < -0.39 is 0 Å². The van der Waals surface area contributed by atoms with E-state index in [1.807, 2.05) is 24.3 Å². The van der Waals surface area contributed by atoms with Gasteiger partial charge in [-0.1, -0.05) is 12.0 Å². The van der Waals surface area contributed by atoms with Gasteiger partial charge in [-0.3, -0.25) is 0 Å². The lowest BCUT2D eigenvalue weighted by Gasteiger charge is -2.07. The highest BCUT2D eigenvalue weighted by Crippen LogP contribution is 2.08. The van der Waals surface area contributed by atoms with Crippen LogP contribution in [0.3, 0.4) is 0 Å². The Balaban J connectivity index is 2.19. The molecule has 0 radical (unpaired) electrons. The molecule has 0 spiro atoms. The molecule has 1 aromatic carbocycles. The number of nitrogens with one attached hydrogen (secondary N) is 1. The van der Waals surface area contributed by atoms with Crippen LogP contribution >= 0.6 is 0 Å². The topological polar surface area (TPSA) is 30.5 Å². The fourth-order valence-corrected chi connectivity index (χ4v) is 1.23. The van der Waals surface area contributed by atoms with Crippen molar-refractivity contribution >= 4 is 5.69 Å². The number of ether oxygens (including phenoxy) is 2. The minimum Gasteiger partial charge on any atom is -0.383 e. The van der Waals surface area contributed by atoms with Gasteiger partial charge in [0.25, 0.3) is 0 Å². The van der Waals surface area contributed by atoms with Gasteiger partial charge in [0.1, 0.15) is 0 Å². The van der Waals surface area contributed by atoms with E-state index in [0.717, 1.165) is 17.8 Å². The summed E-state index contributed by atoms with van der Waals surface area (Å²) in [5.74, 6) is 2.60. The summed E-state index contributed by atoms with van der Waals surface area (Å²) in [5, 5.41) is 3.23. The van der Waals surface area contributed by atoms with Crippen LogP contribution in [0.15, 0.2) is 24.3 Å². The fourth-order valence-electron chi connectivity index (χ4n) is 1.23. The predicted octanol–water partition coefficient (Wildman–Crippen LogP) is 1.74. The molecule has 3 nitrogen and oxygen atoms in total. The first-order valence-corrected chi connectivity index (χ1v) is 5.24. The number of terminal acetylenes is 1. The summed E-state index contributed by atoms with van der Waals surface area (Å²) in [6.45, 7) is 2.68. The Kier molecular flexibility index (Phi) is 6.09. The molecule has 0 aliphatic carbocycles. The molecule has 86 valence electrons. The minimum atomic E-state index is 0.628. The van der Waals surface area contributed by atoms with Gasteiger partial charge in [0.05, 0.1) is 19.8 Å². The van der Waals surface area contributed by atoms with Crippen molar-refractivity contribution in [1.82, 2.24) is 0 Å². The zero-order chi connectivity index (χ0) is 11.6. The fraction of sp³-hybridized carbons (Fsp3) is 0.385. The first-order chi connectivity index (χ1) is 7.86. The highest BCUT2D eigenvalue weighted by Gasteiger charge is 1.93. The molecule has 0 aliphatic rings. The van der Waals surface area contributed by atoms with Gasteiger partial charge in [-0.05, 0) is 18.2 Å². The standard InChI is InChI=1S/C13H17NO2/c1-3-12-5-4-6-13(11-12)14-7-8-16-10-9-15-2/h1,4-6,11,14H,7-10H2,2H3. The van der Waals surface area contributed by atoms with E-state index in [0.29, 0.717) is 19.8 Å². The molecule has 0 aromatic heterocycles. The number of rotatable bonds is 7. The van der Waals surface area contributed by atoms with Crippen molar-refractivity contribution in [3.05, 3.63) is 29.8 Å². The van der Waals surface area contributed by atoms with Gasteiger partial charge < -0.3 is 14.8 Å². The first kappa shape index (κ1) is 12.6. The van der Waals surface area contributed by atoms with E-state index in [4.69, 9.17) is 15.9 Å². The van der Waals surface area contributed by atoms with Crippen molar-refractivity contribution in [2.24, 2.45) is 0 Å². The summed E-state index contributed by atoms with van der Waals surface area (Å²) >= 11 is 0. The van der Waals surface area contributed by atoms with Gasteiger partial charge in [-0.2, -0.15) is 0 Å². The molecule has 1 aromatic rings. The Labute approximate surface area is 96.8 Å². The van der Waals surface area contributed by atoms with E-state index in [2.05, 4.69) is 11.2 Å². The zero-order valence-corrected chi connectivity index (χ0v) is 9.53. The van der Waals surface area contributed by atoms with Crippen molar-refractivity contribution in [2.75, 3.05) is 38.8 Å². The maximum atomic E-state index is 5.32. The second kappa shape index (κ2) is 7.75. The van der Waals surface area contributed by atoms with Crippen LogP contribution in [0.4, 0.5) is 5.69 Å². The lowest BCUT2D eigenvalue weighted by Crippen LogP contribution is -2.11. The molecule has 0 unspecified atom stereocenters. The Hall–Kier alpha value is -1.50. The van der Waals surface area contributed by atoms with Crippen LogP contribution in [-0.4, -0.2) is 33.5 Å². The smallest absolute Gasteiger partial charge is 0.0701 e. The summed E-state index contributed by atoms with van der Waals surface area (Å²) in [5.41, 5.74) is 1.90. The molecule has 0 saturated heterocycles. The van der Waals surface area contributed by atoms with Crippen molar-refractivity contribution < 1.29 is 9.47 Å². The molecule has 0 aliphatic heterocycles. The van der Waals surface area contributed by atoms with Gasteiger partial charge in [0, 0.05) is 24.9 Å². The zero-order valence-electron chi connectivity index (χ0n) is 9.53. The molecule has 0 bridgehead atoms. The van der Waals surface area contributed by atoms with E-state index in [9.17, 15) is 0 Å². The summed E-state index contributed by atoms with van der Waals surface area (Å²) in [6.07, 6.45) is 5.31. The summed E-state index contributed by atoms with van der Waals surface area (Å²) in [4.78, 5) is 0. The Bertz CT molecular complexity index is 344. The summed E-state index contributed by atoms with van der Waals surface area (Å²) in [6, 6.07) is 7.76. The monoisotopic (exact) mass is 219 g/mol. The third-order valence-electron chi connectivity index (χ3n) is 2.04. The Morgan fingerprint density at radius 2 is 2.19 bits per heavy atom. The minimum absolute atomic E-state index is 0.628. The average molecular weight is 219 g/mol. The van der Waals surface area contributed by atoms with Gasteiger partial charge in [-0.25, -0.2) is 0 Å². The molecule has 0 atom stereocenters. The molecule has 0 saturated carbocycles. The van der Waals surface area contributed by atoms with Crippen LogP contribution in [0.5, 0.6) is 0 Å². The molecular formula is C13H17NO2. The SMILES string of the molecule is C#Cc1cccc(NCCOCCOC)c1. The van der Waals surface area contributed by atoms with Crippen LogP contribution in [-0.2, 0) is 9.47 Å². The third-order valence-corrected chi connectivity index (χ3v) is 2.04. The second-order valence-corrected chi connectivity index (χ2v) is 3.26. The van der Waals surface area contributed by atoms with Crippen LogP contribution in [0.2, 0.25) is 0 Å². The van der Waals surface area contributed by atoms with E-state index in [1.165, 1.54) is 0 Å². The van der Waals surface area contributed by atoms with Gasteiger partial charge in [0.15, 0.2) is 0 Å². The van der Waals surface area contributed by atoms with Gasteiger partial charge in [-0.15, -0.1) is 6.42 Å². The van der Waals surface area contributed by atoms with Crippen LogP contribution in [0.25, 0.3) is 0 Å². The van der Waals surface area contributed by atoms with Crippen molar-refractivity contribution in [2.45, 2.75) is 0 Å². The highest BCUT2D eigenvalue weighted by molar-refractivity contribution is 5.49. The highest BCUT2D eigenvalue weighted by atomic mass is 16.5. The van der Waals surface area contributed by atoms with Crippen molar-refractivity contribution in [3.63, 3.8) is 0 Å². The molecule has 1 N–H and O–H groups in total. The maximum absolute atomic E-state index is 5.32. The lowest BCUT2D eigenvalue weighted by atomic mass is 10.2. The predicted molar refractivity (Wildman–Crippen MR) is 65.6 cm³/mol. The molecule has 0 amide bonds. The molecular weight excluding hydrogens is 202 g/mol. The van der Waals surface area contributed by atoms with E-state index in [1.54, 1.807) is 7.11 Å². The molecule has 0 heterocycles. The van der Waals surface area contributed by atoms with Gasteiger partial charge in [0.2, 0.25) is 0 Å². The van der Waals surface area contributed by atoms with Gasteiger partial charge >= 0.3 is 0 Å². The van der Waals surface area contributed by atoms with Crippen molar-refractivity contribution in [1.29, 1.82) is 0 Å². The quantitative estimate of drug-likeness (QED) is 0.559. The largest absolute Gasteiger partial charge is 0.383 e. The second-order valence-electron chi connectivity index (χ2n) is 3.26. The Morgan fingerprint density at radius 3 is 2.94 bits per heavy atom. The number of hydrogen-bond acceptors (Lipinski definition) is 3. The van der Waals surface area contributed by atoms with E-state index in [-0.39, 0.29) is 0 Å². The normalized spacial score (nSPS) is 9.75. The van der Waals surface area contributed by atoms with Crippen LogP contribution in [0.1, 0.15) is 5.56 Å². The number of anilines is 1. The third kappa shape index (κ3) is 4.83. The number of benzene rings is 1. The Morgan fingerprint density at radius 1 is 1.31 bits per heavy atom. The summed E-state index contributed by atoms with van der Waals surface area (Å²) < 4.78 is 10.2. The number of methoxy groups -OCH3 is 1. The molecule has 16 heavy (non-hydrogen) atoms. The van der Waals surface area contributed by atoms with E-state index >= 15 is 0 Å². The average Bonchev–Trinajstić information content (AvgIpc) is 2.34. The number of hydrogen-bond donors (Lipinski definition) is 1. The van der Waals surface area contributed by atoms with Crippen LogP contribution < -0.4 is 5.32 Å². The molecule has 1 rings (SSSR count).